The summed E-state index contributed by atoms with van der Waals surface area (Å²) in [6.07, 6.45) is 1.52. The zero-order chi connectivity index (χ0) is 15.0. The number of hydrogen-bond acceptors (Lipinski definition) is 5. The second kappa shape index (κ2) is 4.74. The topological polar surface area (TPSA) is 105 Å². The minimum Gasteiger partial charge on any atom is -0.408 e. The molecular weight excluding hydrogens is 294 g/mol. The first-order chi connectivity index (χ1) is 9.94. The summed E-state index contributed by atoms with van der Waals surface area (Å²) in [5, 5.41) is 0. The molecule has 108 valence electrons. The smallest absolute Gasteiger partial charge is 0.408 e. The van der Waals surface area contributed by atoms with Gasteiger partial charge in [0.25, 0.3) is 10.0 Å². The minimum atomic E-state index is -3.75. The molecule has 0 amide bonds. The van der Waals surface area contributed by atoms with E-state index in [0.29, 0.717) is 22.5 Å². The Morgan fingerprint density at radius 1 is 1.24 bits per heavy atom. The van der Waals surface area contributed by atoms with E-state index in [0.717, 1.165) is 0 Å². The van der Waals surface area contributed by atoms with E-state index in [4.69, 9.17) is 4.42 Å². The third-order valence-electron chi connectivity index (χ3n) is 2.85. The number of aryl methyl sites for hydroxylation is 1. The standard InChI is InChI=1S/C13H11N3O4S/c1-8-6-9(4-5-14-8)16-21(18,19)10-2-3-12-11(7-10)15-13(17)20-12/h2-7H,1H3,(H,14,16)(H,15,17). The van der Waals surface area contributed by atoms with Crippen LogP contribution in [0.15, 0.2) is 50.6 Å². The molecule has 2 N–H and O–H groups in total. The van der Waals surface area contributed by atoms with Gasteiger partial charge in [0.2, 0.25) is 0 Å². The highest BCUT2D eigenvalue weighted by molar-refractivity contribution is 7.92. The highest BCUT2D eigenvalue weighted by atomic mass is 32.2. The quantitative estimate of drug-likeness (QED) is 0.765. The number of nitrogens with one attached hydrogen (secondary N) is 2. The van der Waals surface area contributed by atoms with E-state index >= 15 is 0 Å². The van der Waals surface area contributed by atoms with Gasteiger partial charge < -0.3 is 4.42 Å². The van der Waals surface area contributed by atoms with Crippen molar-refractivity contribution in [3.8, 4) is 0 Å². The number of anilines is 1. The summed E-state index contributed by atoms with van der Waals surface area (Å²) in [6, 6.07) is 7.32. The monoisotopic (exact) mass is 305 g/mol. The van der Waals surface area contributed by atoms with Gasteiger partial charge in [0.15, 0.2) is 5.58 Å². The van der Waals surface area contributed by atoms with E-state index in [9.17, 15) is 13.2 Å². The summed E-state index contributed by atoms with van der Waals surface area (Å²) in [4.78, 5) is 17.5. The van der Waals surface area contributed by atoms with Crippen LogP contribution in [0.3, 0.4) is 0 Å². The Hall–Kier alpha value is -2.61. The van der Waals surface area contributed by atoms with Gasteiger partial charge in [0.1, 0.15) is 0 Å². The number of aromatic nitrogens is 2. The Bertz CT molecular complexity index is 972. The predicted octanol–water partition coefficient (Wildman–Crippen LogP) is 1.63. The summed E-state index contributed by atoms with van der Waals surface area (Å²) in [6.45, 7) is 1.76. The summed E-state index contributed by atoms with van der Waals surface area (Å²) in [7, 11) is -3.75. The summed E-state index contributed by atoms with van der Waals surface area (Å²) >= 11 is 0. The van der Waals surface area contributed by atoms with Crippen molar-refractivity contribution in [1.29, 1.82) is 0 Å². The van der Waals surface area contributed by atoms with E-state index < -0.39 is 15.8 Å². The van der Waals surface area contributed by atoms with Crippen molar-refractivity contribution >= 4 is 26.8 Å². The van der Waals surface area contributed by atoms with Crippen LogP contribution in [0.25, 0.3) is 11.1 Å². The van der Waals surface area contributed by atoms with Gasteiger partial charge in [-0.05, 0) is 37.3 Å². The molecule has 2 aromatic heterocycles. The van der Waals surface area contributed by atoms with Crippen molar-refractivity contribution in [2.24, 2.45) is 0 Å². The first-order valence-electron chi connectivity index (χ1n) is 6.02. The number of hydrogen-bond donors (Lipinski definition) is 2. The van der Waals surface area contributed by atoms with Crippen LogP contribution in [-0.4, -0.2) is 18.4 Å². The molecule has 21 heavy (non-hydrogen) atoms. The van der Waals surface area contributed by atoms with Gasteiger partial charge in [0.05, 0.1) is 16.1 Å². The second-order valence-corrected chi connectivity index (χ2v) is 6.15. The Morgan fingerprint density at radius 3 is 2.81 bits per heavy atom. The molecule has 0 saturated heterocycles. The summed E-state index contributed by atoms with van der Waals surface area (Å²) in [5.74, 6) is -0.628. The number of aromatic amines is 1. The SMILES string of the molecule is Cc1cc(NS(=O)(=O)c2ccc3oc(=O)[nH]c3c2)ccn1. The highest BCUT2D eigenvalue weighted by Crippen LogP contribution is 2.19. The van der Waals surface area contributed by atoms with Crippen LogP contribution in [0.1, 0.15) is 5.69 Å². The van der Waals surface area contributed by atoms with Crippen molar-refractivity contribution in [2.75, 3.05) is 4.72 Å². The molecular formula is C13H11N3O4S. The first-order valence-corrected chi connectivity index (χ1v) is 7.51. The maximum atomic E-state index is 12.3. The van der Waals surface area contributed by atoms with Crippen LogP contribution in [0.2, 0.25) is 0 Å². The number of H-pyrrole nitrogens is 1. The Kier molecular flexibility index (Phi) is 3.02. The Balaban J connectivity index is 2.01. The van der Waals surface area contributed by atoms with Gasteiger partial charge in [-0.2, -0.15) is 0 Å². The lowest BCUT2D eigenvalue weighted by Crippen LogP contribution is -2.13. The van der Waals surface area contributed by atoms with Gasteiger partial charge in [0, 0.05) is 11.9 Å². The van der Waals surface area contributed by atoms with Gasteiger partial charge >= 0.3 is 5.76 Å². The molecule has 0 bridgehead atoms. The third-order valence-corrected chi connectivity index (χ3v) is 4.23. The zero-order valence-electron chi connectivity index (χ0n) is 11.0. The fourth-order valence-electron chi connectivity index (χ4n) is 1.92. The maximum absolute atomic E-state index is 12.3. The van der Waals surface area contributed by atoms with Crippen molar-refractivity contribution < 1.29 is 12.8 Å². The fraction of sp³-hybridized carbons (Fsp3) is 0.0769. The molecule has 0 radical (unpaired) electrons. The van der Waals surface area contributed by atoms with E-state index in [1.807, 2.05) is 0 Å². The van der Waals surface area contributed by atoms with Crippen molar-refractivity contribution in [1.82, 2.24) is 9.97 Å². The number of pyridine rings is 1. The number of oxazole rings is 1. The largest absolute Gasteiger partial charge is 0.417 e. The van der Waals surface area contributed by atoms with Gasteiger partial charge in [-0.1, -0.05) is 0 Å². The highest BCUT2D eigenvalue weighted by Gasteiger charge is 2.16. The molecule has 1 aromatic carbocycles. The second-order valence-electron chi connectivity index (χ2n) is 4.46. The molecule has 7 nitrogen and oxygen atoms in total. The van der Waals surface area contributed by atoms with E-state index in [1.165, 1.54) is 24.4 Å². The minimum absolute atomic E-state index is 0.0292. The molecule has 0 saturated carbocycles. The number of sulfonamides is 1. The van der Waals surface area contributed by atoms with Gasteiger partial charge in [-0.25, -0.2) is 13.2 Å². The molecule has 0 aliphatic carbocycles. The van der Waals surface area contributed by atoms with Crippen LogP contribution in [0.5, 0.6) is 0 Å². The Morgan fingerprint density at radius 2 is 2.05 bits per heavy atom. The van der Waals surface area contributed by atoms with Gasteiger partial charge in [-0.15, -0.1) is 0 Å². The van der Waals surface area contributed by atoms with Crippen LogP contribution >= 0.6 is 0 Å². The molecule has 0 atom stereocenters. The number of nitrogens with zero attached hydrogens (tertiary/aromatic N) is 1. The maximum Gasteiger partial charge on any atom is 0.417 e. The van der Waals surface area contributed by atoms with E-state index in [1.54, 1.807) is 19.1 Å². The van der Waals surface area contributed by atoms with E-state index in [2.05, 4.69) is 14.7 Å². The molecule has 3 rings (SSSR count). The van der Waals surface area contributed by atoms with Crippen molar-refractivity contribution in [3.63, 3.8) is 0 Å². The van der Waals surface area contributed by atoms with Crippen LogP contribution in [0.4, 0.5) is 5.69 Å². The number of benzene rings is 1. The number of rotatable bonds is 3. The van der Waals surface area contributed by atoms with Crippen LogP contribution < -0.4 is 10.5 Å². The molecule has 0 unspecified atom stereocenters. The lowest BCUT2D eigenvalue weighted by molar-refractivity contribution is 0.555. The van der Waals surface area contributed by atoms with Crippen LogP contribution in [0, 0.1) is 6.92 Å². The molecule has 0 aliphatic heterocycles. The fourth-order valence-corrected chi connectivity index (χ4v) is 3.00. The van der Waals surface area contributed by atoms with Crippen LogP contribution in [-0.2, 0) is 10.0 Å². The van der Waals surface area contributed by atoms with Crippen molar-refractivity contribution in [3.05, 3.63) is 52.8 Å². The third kappa shape index (κ3) is 2.65. The van der Waals surface area contributed by atoms with Gasteiger partial charge in [-0.3, -0.25) is 14.7 Å². The van der Waals surface area contributed by atoms with Crippen molar-refractivity contribution in [2.45, 2.75) is 11.8 Å². The zero-order valence-corrected chi connectivity index (χ0v) is 11.8. The van der Waals surface area contributed by atoms with E-state index in [-0.39, 0.29) is 4.90 Å². The first kappa shape index (κ1) is 13.4. The molecule has 8 heteroatoms. The normalized spacial score (nSPS) is 11.7. The number of fused-ring (bicyclic) bond motifs is 1. The molecule has 2 heterocycles. The Labute approximate surface area is 119 Å². The average Bonchev–Trinajstić information content (AvgIpc) is 2.77. The average molecular weight is 305 g/mol. The summed E-state index contributed by atoms with van der Waals surface area (Å²) in [5.41, 5.74) is 1.75. The molecule has 0 spiro atoms. The molecule has 0 aliphatic rings. The molecule has 0 fully saturated rings. The molecule has 3 aromatic rings. The summed E-state index contributed by atoms with van der Waals surface area (Å²) < 4.78 is 31.9. The predicted molar refractivity (Wildman–Crippen MR) is 76.6 cm³/mol. The lowest BCUT2D eigenvalue weighted by atomic mass is 10.3. The lowest BCUT2D eigenvalue weighted by Gasteiger charge is -2.08.